The van der Waals surface area contributed by atoms with Gasteiger partial charge < -0.3 is 10.6 Å². The Morgan fingerprint density at radius 2 is 1.96 bits per heavy atom. The van der Waals surface area contributed by atoms with Crippen LogP contribution in [0, 0.1) is 0 Å². The van der Waals surface area contributed by atoms with Crippen LogP contribution in [0.2, 0.25) is 0 Å². The van der Waals surface area contributed by atoms with E-state index in [9.17, 15) is 4.79 Å². The van der Waals surface area contributed by atoms with Crippen LogP contribution in [-0.4, -0.2) is 22.4 Å². The molecule has 1 amide bonds. The van der Waals surface area contributed by atoms with E-state index in [0.717, 1.165) is 18.5 Å². The fourth-order valence-electron chi connectivity index (χ4n) is 2.24. The molecule has 0 bridgehead atoms. The summed E-state index contributed by atoms with van der Waals surface area (Å²) in [4.78, 5) is 20.8. The Kier molecular flexibility index (Phi) is 6.54. The number of hydrogen-bond donors (Lipinski definition) is 2. The summed E-state index contributed by atoms with van der Waals surface area (Å²) in [5, 5.41) is 6.12. The molecule has 0 spiro atoms. The van der Waals surface area contributed by atoms with Gasteiger partial charge in [-0.25, -0.2) is 9.97 Å². The molecule has 122 valence electrons. The zero-order chi connectivity index (χ0) is 16.5. The minimum Gasteiger partial charge on any atom is -0.354 e. The molecule has 1 unspecified atom stereocenters. The lowest BCUT2D eigenvalue weighted by molar-refractivity contribution is 0.0935. The van der Waals surface area contributed by atoms with Gasteiger partial charge >= 0.3 is 0 Å². The van der Waals surface area contributed by atoms with E-state index in [1.807, 2.05) is 37.3 Å². The summed E-state index contributed by atoms with van der Waals surface area (Å²) in [5.41, 5.74) is 1.44. The van der Waals surface area contributed by atoms with Crippen molar-refractivity contribution in [2.45, 2.75) is 39.2 Å². The third-order valence-electron chi connectivity index (χ3n) is 3.60. The predicted octanol–water partition coefficient (Wildman–Crippen LogP) is 3.57. The third-order valence-corrected chi connectivity index (χ3v) is 3.60. The average molecular weight is 312 g/mol. The fourth-order valence-corrected chi connectivity index (χ4v) is 2.24. The summed E-state index contributed by atoms with van der Waals surface area (Å²) in [7, 11) is 0. The maximum Gasteiger partial charge on any atom is 0.270 e. The lowest BCUT2D eigenvalue weighted by Crippen LogP contribution is -2.27. The summed E-state index contributed by atoms with van der Waals surface area (Å²) < 4.78 is 0. The molecule has 0 aliphatic carbocycles. The lowest BCUT2D eigenvalue weighted by atomic mass is 10.1. The molecule has 23 heavy (non-hydrogen) atoms. The van der Waals surface area contributed by atoms with Crippen molar-refractivity contribution >= 4 is 11.9 Å². The van der Waals surface area contributed by atoms with Crippen molar-refractivity contribution in [2.24, 2.45) is 0 Å². The van der Waals surface area contributed by atoms with Crippen LogP contribution in [0.4, 0.5) is 5.95 Å². The fraction of sp³-hybridized carbons (Fsp3) is 0.389. The van der Waals surface area contributed by atoms with E-state index in [2.05, 4.69) is 27.5 Å². The van der Waals surface area contributed by atoms with E-state index in [0.29, 0.717) is 11.6 Å². The number of carbonyl (C=O) groups is 1. The van der Waals surface area contributed by atoms with Crippen LogP contribution < -0.4 is 10.6 Å². The normalized spacial score (nSPS) is 11.7. The Morgan fingerprint density at radius 1 is 1.17 bits per heavy atom. The van der Waals surface area contributed by atoms with Crippen LogP contribution >= 0.6 is 0 Å². The van der Waals surface area contributed by atoms with Crippen molar-refractivity contribution in [1.29, 1.82) is 0 Å². The van der Waals surface area contributed by atoms with E-state index in [4.69, 9.17) is 0 Å². The van der Waals surface area contributed by atoms with Crippen molar-refractivity contribution in [3.8, 4) is 0 Å². The summed E-state index contributed by atoms with van der Waals surface area (Å²) in [6.45, 7) is 4.94. The van der Waals surface area contributed by atoms with Gasteiger partial charge in [0, 0.05) is 12.7 Å². The Labute approximate surface area is 137 Å². The second-order valence-electron chi connectivity index (χ2n) is 5.51. The molecule has 1 aromatic heterocycles. The molecule has 2 rings (SSSR count). The monoisotopic (exact) mass is 312 g/mol. The van der Waals surface area contributed by atoms with E-state index in [1.165, 1.54) is 12.8 Å². The van der Waals surface area contributed by atoms with Gasteiger partial charge in [0.2, 0.25) is 5.95 Å². The van der Waals surface area contributed by atoms with Crippen LogP contribution in [0.25, 0.3) is 0 Å². The summed E-state index contributed by atoms with van der Waals surface area (Å²) >= 11 is 0. The lowest BCUT2D eigenvalue weighted by Gasteiger charge is -2.14. The molecule has 1 aromatic carbocycles. The zero-order valence-electron chi connectivity index (χ0n) is 13.7. The second kappa shape index (κ2) is 8.88. The van der Waals surface area contributed by atoms with Gasteiger partial charge in [-0.1, -0.05) is 50.1 Å². The van der Waals surface area contributed by atoms with Crippen LogP contribution in [-0.2, 0) is 0 Å². The molecule has 2 aromatic rings. The van der Waals surface area contributed by atoms with Crippen molar-refractivity contribution in [1.82, 2.24) is 15.3 Å². The molecule has 1 atom stereocenters. The molecule has 0 fully saturated rings. The van der Waals surface area contributed by atoms with Crippen LogP contribution in [0.15, 0.2) is 42.6 Å². The molecule has 0 saturated heterocycles. The first-order valence-electron chi connectivity index (χ1n) is 8.13. The van der Waals surface area contributed by atoms with Gasteiger partial charge in [-0.15, -0.1) is 0 Å². The predicted molar refractivity (Wildman–Crippen MR) is 92.4 cm³/mol. The van der Waals surface area contributed by atoms with Gasteiger partial charge in [0.05, 0.1) is 6.04 Å². The summed E-state index contributed by atoms with van der Waals surface area (Å²) in [6.07, 6.45) is 5.02. The van der Waals surface area contributed by atoms with Crippen LogP contribution in [0.3, 0.4) is 0 Å². The van der Waals surface area contributed by atoms with Gasteiger partial charge in [0.15, 0.2) is 0 Å². The molecular weight excluding hydrogens is 288 g/mol. The molecule has 0 aliphatic rings. The highest BCUT2D eigenvalue weighted by atomic mass is 16.1. The number of rotatable bonds is 8. The number of amides is 1. The zero-order valence-corrected chi connectivity index (χ0v) is 13.7. The average Bonchev–Trinajstić information content (AvgIpc) is 2.60. The minimum atomic E-state index is -0.194. The number of nitrogens with zero attached hydrogens (tertiary/aromatic N) is 2. The van der Waals surface area contributed by atoms with Gasteiger partial charge in [-0.3, -0.25) is 4.79 Å². The number of nitrogens with one attached hydrogen (secondary N) is 2. The highest BCUT2D eigenvalue weighted by Gasteiger charge is 2.13. The largest absolute Gasteiger partial charge is 0.354 e. The second-order valence-corrected chi connectivity index (χ2v) is 5.51. The van der Waals surface area contributed by atoms with Crippen LogP contribution in [0.5, 0.6) is 0 Å². The van der Waals surface area contributed by atoms with E-state index in [1.54, 1.807) is 12.3 Å². The first-order valence-corrected chi connectivity index (χ1v) is 8.13. The number of hydrogen-bond acceptors (Lipinski definition) is 4. The van der Waals surface area contributed by atoms with E-state index < -0.39 is 0 Å². The van der Waals surface area contributed by atoms with Gasteiger partial charge in [-0.2, -0.15) is 0 Å². The van der Waals surface area contributed by atoms with Gasteiger partial charge in [0.25, 0.3) is 5.91 Å². The van der Waals surface area contributed by atoms with Crippen molar-refractivity contribution in [2.75, 3.05) is 11.9 Å². The number of anilines is 1. The summed E-state index contributed by atoms with van der Waals surface area (Å²) in [5.74, 6) is 0.307. The van der Waals surface area contributed by atoms with E-state index >= 15 is 0 Å². The molecule has 5 nitrogen and oxygen atoms in total. The molecule has 0 radical (unpaired) electrons. The molecule has 1 heterocycles. The first-order chi connectivity index (χ1) is 11.2. The Bertz CT molecular complexity index is 615. The molecule has 5 heteroatoms. The van der Waals surface area contributed by atoms with Gasteiger partial charge in [0.1, 0.15) is 5.69 Å². The smallest absolute Gasteiger partial charge is 0.270 e. The topological polar surface area (TPSA) is 66.9 Å². The van der Waals surface area contributed by atoms with E-state index in [-0.39, 0.29) is 11.9 Å². The minimum absolute atomic E-state index is 0.0698. The number of carbonyl (C=O) groups excluding carboxylic acids is 1. The maximum atomic E-state index is 12.3. The molecule has 0 aliphatic heterocycles. The SMILES string of the molecule is CCCCCNc1nccc(C(=O)NC(C)c2ccccc2)n1. The highest BCUT2D eigenvalue weighted by Crippen LogP contribution is 2.12. The first kappa shape index (κ1) is 16.9. The Balaban J connectivity index is 1.94. The number of benzene rings is 1. The van der Waals surface area contributed by atoms with Crippen molar-refractivity contribution in [3.05, 3.63) is 53.9 Å². The maximum absolute atomic E-state index is 12.3. The van der Waals surface area contributed by atoms with Crippen LogP contribution in [0.1, 0.15) is 55.2 Å². The molecule has 2 N–H and O–H groups in total. The quantitative estimate of drug-likeness (QED) is 0.731. The molecule has 0 saturated carbocycles. The standard InChI is InChI=1S/C18H24N4O/c1-3-4-8-12-19-18-20-13-11-16(22-18)17(23)21-14(2)15-9-6-5-7-10-15/h5-7,9-11,13-14H,3-4,8,12H2,1-2H3,(H,21,23)(H,19,20,22). The highest BCUT2D eigenvalue weighted by molar-refractivity contribution is 5.92. The van der Waals surface area contributed by atoms with Crippen molar-refractivity contribution in [3.63, 3.8) is 0 Å². The number of aromatic nitrogens is 2. The summed E-state index contributed by atoms with van der Waals surface area (Å²) in [6, 6.07) is 11.4. The number of unbranched alkanes of at least 4 members (excludes halogenated alkanes) is 2. The van der Waals surface area contributed by atoms with Gasteiger partial charge in [-0.05, 0) is 25.0 Å². The Morgan fingerprint density at radius 3 is 2.70 bits per heavy atom. The van der Waals surface area contributed by atoms with Crippen molar-refractivity contribution < 1.29 is 4.79 Å². The Hall–Kier alpha value is -2.43. The molecular formula is C18H24N4O. The third kappa shape index (κ3) is 5.36.